The summed E-state index contributed by atoms with van der Waals surface area (Å²) in [6.07, 6.45) is 26.1. The van der Waals surface area contributed by atoms with Gasteiger partial charge in [-0.05, 0) is 80.6 Å². The number of carbonyl (C=O) groups is 1. The lowest BCUT2D eigenvalue weighted by molar-refractivity contribution is -0.142. The van der Waals surface area contributed by atoms with Gasteiger partial charge in [0.2, 0.25) is 0 Å². The minimum absolute atomic E-state index is 0.0140. The number of allylic oxidation sites excluding steroid dienone is 3. The van der Waals surface area contributed by atoms with Crippen LogP contribution < -0.4 is 0 Å². The van der Waals surface area contributed by atoms with Crippen LogP contribution in [-0.4, -0.2) is 34.5 Å². The van der Waals surface area contributed by atoms with E-state index in [0.717, 1.165) is 37.7 Å². The van der Waals surface area contributed by atoms with Crippen molar-refractivity contribution in [3.05, 3.63) is 23.8 Å². The largest absolute Gasteiger partial charge is 0.461 e. The number of rotatable bonds is 18. The van der Waals surface area contributed by atoms with Crippen LogP contribution in [0.5, 0.6) is 0 Å². The van der Waals surface area contributed by atoms with E-state index >= 15 is 0 Å². The van der Waals surface area contributed by atoms with Gasteiger partial charge in [-0.2, -0.15) is 0 Å². The van der Waals surface area contributed by atoms with Gasteiger partial charge in [0.05, 0.1) is 11.7 Å². The molecule has 0 bridgehead atoms. The Morgan fingerprint density at radius 1 is 1.03 bits per heavy atom. The molecule has 2 rings (SSSR count). The van der Waals surface area contributed by atoms with Crippen molar-refractivity contribution in [1.82, 2.24) is 0 Å². The maximum absolute atomic E-state index is 12.3. The van der Waals surface area contributed by atoms with E-state index in [1.165, 1.54) is 70.6 Å². The molecule has 214 valence electrons. The number of ether oxygens (including phenoxy) is 1. The molecular formula is C33H58O4. The van der Waals surface area contributed by atoms with Crippen LogP contribution in [0.15, 0.2) is 23.8 Å². The highest BCUT2D eigenvalue weighted by atomic mass is 16.5. The Balaban J connectivity index is 1.52. The Kier molecular flexibility index (Phi) is 14.5. The molecular weight excluding hydrogens is 460 g/mol. The molecule has 4 heteroatoms. The van der Waals surface area contributed by atoms with Crippen molar-refractivity contribution in [1.29, 1.82) is 0 Å². The summed E-state index contributed by atoms with van der Waals surface area (Å²) < 4.78 is 5.60. The lowest BCUT2D eigenvalue weighted by Crippen LogP contribution is -2.49. The normalized spacial score (nSPS) is 27.9. The zero-order valence-corrected chi connectivity index (χ0v) is 24.6. The van der Waals surface area contributed by atoms with Crippen LogP contribution in [0.4, 0.5) is 0 Å². The molecule has 4 atom stereocenters. The van der Waals surface area contributed by atoms with Gasteiger partial charge in [-0.3, -0.25) is 4.79 Å². The van der Waals surface area contributed by atoms with Crippen molar-refractivity contribution in [2.45, 2.75) is 155 Å². The third-order valence-electron chi connectivity index (χ3n) is 9.19. The first kappa shape index (κ1) is 32.1. The lowest BCUT2D eigenvalue weighted by Gasteiger charge is -2.40. The third-order valence-corrected chi connectivity index (χ3v) is 9.19. The Hall–Kier alpha value is -1.13. The van der Waals surface area contributed by atoms with Crippen molar-refractivity contribution in [3.63, 3.8) is 0 Å². The van der Waals surface area contributed by atoms with E-state index in [-0.39, 0.29) is 23.2 Å². The zero-order valence-electron chi connectivity index (χ0n) is 24.6. The molecule has 2 aliphatic rings. The van der Waals surface area contributed by atoms with Gasteiger partial charge in [-0.15, -0.1) is 0 Å². The molecule has 0 radical (unpaired) electrons. The number of hydrogen-bond donors (Lipinski definition) is 2. The quantitative estimate of drug-likeness (QED) is 0.108. The Morgan fingerprint density at radius 3 is 2.24 bits per heavy atom. The molecule has 0 saturated heterocycles. The Bertz CT molecular complexity index is 711. The molecule has 0 amide bonds. The summed E-state index contributed by atoms with van der Waals surface area (Å²) in [5, 5.41) is 22.0. The average Bonchev–Trinajstić information content (AvgIpc) is 2.96. The number of carbonyl (C=O) groups excluding carboxylic acids is 1. The predicted molar refractivity (Wildman–Crippen MR) is 154 cm³/mol. The summed E-state index contributed by atoms with van der Waals surface area (Å²) in [6, 6.07) is 0. The van der Waals surface area contributed by atoms with Gasteiger partial charge in [0.1, 0.15) is 6.61 Å². The SMILES string of the molecule is CCCCCCCCC=CCCCCCCCC(=O)OCC1=CCC2(C)CC(O)C(O)(C(C)C)C2CC1. The van der Waals surface area contributed by atoms with E-state index in [1.807, 2.05) is 13.8 Å². The van der Waals surface area contributed by atoms with Crippen LogP contribution in [0.3, 0.4) is 0 Å². The summed E-state index contributed by atoms with van der Waals surface area (Å²) >= 11 is 0. The highest BCUT2D eigenvalue weighted by Gasteiger charge is 2.60. The fourth-order valence-corrected chi connectivity index (χ4v) is 6.66. The molecule has 0 heterocycles. The second-order valence-corrected chi connectivity index (χ2v) is 12.6. The number of aliphatic hydroxyl groups is 2. The minimum atomic E-state index is -1.03. The molecule has 2 N–H and O–H groups in total. The fraction of sp³-hybridized carbons (Fsp3) is 0.848. The van der Waals surface area contributed by atoms with Gasteiger partial charge >= 0.3 is 5.97 Å². The molecule has 0 aliphatic heterocycles. The van der Waals surface area contributed by atoms with Crippen molar-refractivity contribution in [2.75, 3.05) is 6.61 Å². The number of fused-ring (bicyclic) bond motifs is 1. The number of aliphatic hydroxyl groups excluding tert-OH is 1. The standard InChI is InChI=1S/C33H58O4/c1-5-6-7-8-9-10-11-12-13-14-15-16-17-18-19-20-31(35)37-26-28-21-22-29-32(4,24-23-28)25-30(34)33(29,36)27(2)3/h12-13,23,27,29-30,34,36H,5-11,14-22,24-26H2,1-4H3. The van der Waals surface area contributed by atoms with Gasteiger partial charge < -0.3 is 14.9 Å². The van der Waals surface area contributed by atoms with Crippen LogP contribution >= 0.6 is 0 Å². The number of hydrogen-bond acceptors (Lipinski definition) is 4. The topological polar surface area (TPSA) is 66.8 Å². The van der Waals surface area contributed by atoms with Gasteiger partial charge in [-0.25, -0.2) is 0 Å². The van der Waals surface area contributed by atoms with E-state index in [9.17, 15) is 15.0 Å². The van der Waals surface area contributed by atoms with Crippen LogP contribution in [-0.2, 0) is 9.53 Å². The van der Waals surface area contributed by atoms with E-state index in [0.29, 0.717) is 19.4 Å². The summed E-state index contributed by atoms with van der Waals surface area (Å²) in [5.74, 6) is -0.0152. The molecule has 37 heavy (non-hydrogen) atoms. The van der Waals surface area contributed by atoms with Crippen molar-refractivity contribution in [2.24, 2.45) is 17.3 Å². The fourth-order valence-electron chi connectivity index (χ4n) is 6.66. The first-order chi connectivity index (χ1) is 17.7. The Labute approximate surface area is 228 Å². The van der Waals surface area contributed by atoms with E-state index in [1.54, 1.807) is 0 Å². The highest BCUT2D eigenvalue weighted by molar-refractivity contribution is 5.69. The predicted octanol–water partition coefficient (Wildman–Crippen LogP) is 8.45. The maximum Gasteiger partial charge on any atom is 0.306 e. The monoisotopic (exact) mass is 518 g/mol. The minimum Gasteiger partial charge on any atom is -0.461 e. The van der Waals surface area contributed by atoms with Gasteiger partial charge in [0.25, 0.3) is 0 Å². The smallest absolute Gasteiger partial charge is 0.306 e. The summed E-state index contributed by atoms with van der Waals surface area (Å²) in [6.45, 7) is 8.84. The van der Waals surface area contributed by atoms with Crippen LogP contribution in [0.25, 0.3) is 0 Å². The first-order valence-electron chi connectivity index (χ1n) is 15.6. The van der Waals surface area contributed by atoms with Gasteiger partial charge in [0, 0.05) is 6.42 Å². The molecule has 4 nitrogen and oxygen atoms in total. The summed E-state index contributed by atoms with van der Waals surface area (Å²) in [4.78, 5) is 12.3. The average molecular weight is 519 g/mol. The van der Waals surface area contributed by atoms with E-state index in [4.69, 9.17) is 4.74 Å². The molecule has 4 unspecified atom stereocenters. The molecule has 0 aromatic carbocycles. The lowest BCUT2D eigenvalue weighted by atomic mass is 9.69. The Morgan fingerprint density at radius 2 is 1.62 bits per heavy atom. The molecule has 0 spiro atoms. The first-order valence-corrected chi connectivity index (χ1v) is 15.6. The number of esters is 1. The zero-order chi connectivity index (χ0) is 27.2. The van der Waals surface area contributed by atoms with Crippen molar-refractivity contribution in [3.8, 4) is 0 Å². The third kappa shape index (κ3) is 10.2. The van der Waals surface area contributed by atoms with Crippen LogP contribution in [0.2, 0.25) is 0 Å². The van der Waals surface area contributed by atoms with Crippen LogP contribution in [0.1, 0.15) is 143 Å². The second kappa shape index (κ2) is 16.7. The highest BCUT2D eigenvalue weighted by Crippen LogP contribution is 2.57. The van der Waals surface area contributed by atoms with Gasteiger partial charge in [0.15, 0.2) is 0 Å². The molecule has 1 fully saturated rings. The molecule has 2 aliphatic carbocycles. The second-order valence-electron chi connectivity index (χ2n) is 12.6. The van der Waals surface area contributed by atoms with E-state index < -0.39 is 11.7 Å². The maximum atomic E-state index is 12.3. The molecule has 1 saturated carbocycles. The number of unbranched alkanes of at least 4 members (excludes halogenated alkanes) is 11. The van der Waals surface area contributed by atoms with Crippen molar-refractivity contribution < 1.29 is 19.7 Å². The summed E-state index contributed by atoms with van der Waals surface area (Å²) in [5.41, 5.74) is 0.0287. The molecule has 0 aromatic rings. The van der Waals surface area contributed by atoms with Gasteiger partial charge in [-0.1, -0.05) is 97.3 Å². The summed E-state index contributed by atoms with van der Waals surface area (Å²) in [7, 11) is 0. The van der Waals surface area contributed by atoms with Crippen LogP contribution in [0, 0.1) is 17.3 Å². The van der Waals surface area contributed by atoms with E-state index in [2.05, 4.69) is 32.1 Å². The molecule has 0 aromatic heterocycles. The van der Waals surface area contributed by atoms with Crippen molar-refractivity contribution >= 4 is 5.97 Å².